The third-order valence-electron chi connectivity index (χ3n) is 2.85. The van der Waals surface area contributed by atoms with Gasteiger partial charge in [0.25, 0.3) is 5.91 Å². The number of hydrogen-bond donors (Lipinski definition) is 1. The number of amides is 1. The Morgan fingerprint density at radius 1 is 1.25 bits per heavy atom. The van der Waals surface area contributed by atoms with Crippen molar-refractivity contribution in [1.29, 1.82) is 0 Å². The van der Waals surface area contributed by atoms with Gasteiger partial charge in [-0.2, -0.15) is 5.10 Å². The second-order valence-electron chi connectivity index (χ2n) is 4.65. The number of benzene rings is 2. The molecule has 0 aromatic heterocycles. The summed E-state index contributed by atoms with van der Waals surface area (Å²) in [6, 6.07) is 13.0. The maximum absolute atomic E-state index is 11.8. The third kappa shape index (κ3) is 6.12. The summed E-state index contributed by atoms with van der Waals surface area (Å²) >= 11 is 5.60. The molecular formula is C17H16BrIN2O3. The van der Waals surface area contributed by atoms with Gasteiger partial charge in [-0.15, -0.1) is 0 Å². The third-order valence-corrected chi connectivity index (χ3v) is 4.06. The summed E-state index contributed by atoms with van der Waals surface area (Å²) in [6.45, 7) is 2.36. The first-order valence-electron chi connectivity index (χ1n) is 7.21. The molecule has 0 aliphatic heterocycles. The number of carbonyl (C=O) groups excluding carboxylic acids is 1. The molecule has 2 aromatic rings. The molecule has 0 saturated carbocycles. The first kappa shape index (κ1) is 18.7. The normalized spacial score (nSPS) is 10.6. The predicted molar refractivity (Wildman–Crippen MR) is 106 cm³/mol. The second-order valence-corrected chi connectivity index (χ2v) is 6.81. The number of nitrogens with one attached hydrogen (secondary N) is 1. The van der Waals surface area contributed by atoms with Gasteiger partial charge in [0.15, 0.2) is 6.61 Å². The molecule has 0 radical (unpaired) electrons. The quantitative estimate of drug-likeness (QED) is 0.354. The molecule has 0 aliphatic carbocycles. The van der Waals surface area contributed by atoms with E-state index in [1.54, 1.807) is 6.21 Å². The van der Waals surface area contributed by atoms with Crippen LogP contribution in [0.5, 0.6) is 11.5 Å². The zero-order valence-electron chi connectivity index (χ0n) is 13.0. The molecule has 7 heteroatoms. The number of halogens is 2. The second kappa shape index (κ2) is 9.63. The topological polar surface area (TPSA) is 59.9 Å². The molecule has 0 saturated heterocycles. The molecule has 0 aliphatic rings. The van der Waals surface area contributed by atoms with Crippen LogP contribution in [0.25, 0.3) is 0 Å². The van der Waals surface area contributed by atoms with Gasteiger partial charge in [0.05, 0.1) is 12.8 Å². The van der Waals surface area contributed by atoms with E-state index in [2.05, 4.69) is 49.0 Å². The van der Waals surface area contributed by atoms with E-state index in [4.69, 9.17) is 9.47 Å². The summed E-state index contributed by atoms with van der Waals surface area (Å²) in [5.74, 6) is 1.01. The van der Waals surface area contributed by atoms with Crippen molar-refractivity contribution in [2.45, 2.75) is 6.92 Å². The van der Waals surface area contributed by atoms with Gasteiger partial charge in [-0.05, 0) is 72.0 Å². The summed E-state index contributed by atoms with van der Waals surface area (Å²) in [4.78, 5) is 11.8. The van der Waals surface area contributed by atoms with Crippen molar-refractivity contribution in [1.82, 2.24) is 5.43 Å². The van der Waals surface area contributed by atoms with Crippen LogP contribution >= 0.6 is 38.5 Å². The number of hydrazone groups is 1. The minimum atomic E-state index is -0.335. The molecular weight excluding hydrogens is 487 g/mol. The summed E-state index contributed by atoms with van der Waals surface area (Å²) in [6.07, 6.45) is 1.54. The Morgan fingerprint density at radius 2 is 2.00 bits per heavy atom. The van der Waals surface area contributed by atoms with Crippen LogP contribution in [0.15, 0.2) is 52.0 Å². The van der Waals surface area contributed by atoms with Gasteiger partial charge in [-0.3, -0.25) is 4.79 Å². The Hall–Kier alpha value is -1.61. The SMILES string of the molecule is CCOc1ccc(Br)cc1/C=N\NC(=O)COc1ccc(I)cc1. The van der Waals surface area contributed by atoms with E-state index in [-0.39, 0.29) is 12.5 Å². The number of nitrogens with zero attached hydrogens (tertiary/aromatic N) is 1. The van der Waals surface area contributed by atoms with Gasteiger partial charge in [0.1, 0.15) is 11.5 Å². The van der Waals surface area contributed by atoms with Crippen LogP contribution in [-0.2, 0) is 4.79 Å². The Balaban J connectivity index is 1.88. The highest BCUT2D eigenvalue weighted by Crippen LogP contribution is 2.21. The largest absolute Gasteiger partial charge is 0.493 e. The molecule has 24 heavy (non-hydrogen) atoms. The van der Waals surface area contributed by atoms with E-state index in [0.717, 1.165) is 13.6 Å². The Morgan fingerprint density at radius 3 is 2.71 bits per heavy atom. The molecule has 126 valence electrons. The molecule has 2 rings (SSSR count). The van der Waals surface area contributed by atoms with E-state index in [1.807, 2.05) is 49.4 Å². The van der Waals surface area contributed by atoms with Crippen molar-refractivity contribution < 1.29 is 14.3 Å². The highest BCUT2D eigenvalue weighted by atomic mass is 127. The van der Waals surface area contributed by atoms with Crippen molar-refractivity contribution in [2.75, 3.05) is 13.2 Å². The maximum atomic E-state index is 11.8. The lowest BCUT2D eigenvalue weighted by Gasteiger charge is -2.07. The minimum Gasteiger partial charge on any atom is -0.493 e. The van der Waals surface area contributed by atoms with Crippen molar-refractivity contribution in [3.8, 4) is 11.5 Å². The van der Waals surface area contributed by atoms with Crippen LogP contribution in [0, 0.1) is 3.57 Å². The summed E-state index contributed by atoms with van der Waals surface area (Å²) in [5, 5.41) is 3.95. The standard InChI is InChI=1S/C17H16BrIN2O3/c1-2-23-16-8-3-13(18)9-12(16)10-20-21-17(22)11-24-15-6-4-14(19)5-7-15/h3-10H,2,11H2,1H3,(H,21,22)/b20-10-. The van der Waals surface area contributed by atoms with Crippen molar-refractivity contribution in [3.63, 3.8) is 0 Å². The van der Waals surface area contributed by atoms with Gasteiger partial charge < -0.3 is 9.47 Å². The lowest BCUT2D eigenvalue weighted by molar-refractivity contribution is -0.123. The van der Waals surface area contributed by atoms with Crippen molar-refractivity contribution in [2.24, 2.45) is 5.10 Å². The van der Waals surface area contributed by atoms with Gasteiger partial charge >= 0.3 is 0 Å². The zero-order chi connectivity index (χ0) is 17.4. The number of hydrogen-bond acceptors (Lipinski definition) is 4. The molecule has 0 fully saturated rings. The Kier molecular flexibility index (Phi) is 7.51. The van der Waals surface area contributed by atoms with Crippen molar-refractivity contribution in [3.05, 3.63) is 56.1 Å². The highest BCUT2D eigenvalue weighted by molar-refractivity contribution is 14.1. The van der Waals surface area contributed by atoms with E-state index in [9.17, 15) is 4.79 Å². The van der Waals surface area contributed by atoms with Gasteiger partial charge in [0, 0.05) is 13.6 Å². The van der Waals surface area contributed by atoms with Crippen LogP contribution in [0.2, 0.25) is 0 Å². The fraction of sp³-hybridized carbons (Fsp3) is 0.176. The van der Waals surface area contributed by atoms with Crippen LogP contribution in [-0.4, -0.2) is 25.3 Å². The average molecular weight is 503 g/mol. The fourth-order valence-corrected chi connectivity index (χ4v) is 2.53. The molecule has 1 N–H and O–H groups in total. The van der Waals surface area contributed by atoms with Gasteiger partial charge in [0.2, 0.25) is 0 Å². The molecule has 0 heterocycles. The fourth-order valence-electron chi connectivity index (χ4n) is 1.79. The number of rotatable bonds is 7. The number of carbonyl (C=O) groups is 1. The first-order chi connectivity index (χ1) is 11.6. The summed E-state index contributed by atoms with van der Waals surface area (Å²) < 4.78 is 12.9. The van der Waals surface area contributed by atoms with E-state index >= 15 is 0 Å². The number of ether oxygens (including phenoxy) is 2. The van der Waals surface area contributed by atoms with Crippen LogP contribution < -0.4 is 14.9 Å². The average Bonchev–Trinajstić information content (AvgIpc) is 2.57. The Bertz CT molecular complexity index is 720. The molecule has 0 atom stereocenters. The van der Waals surface area contributed by atoms with Crippen molar-refractivity contribution >= 4 is 50.6 Å². The lowest BCUT2D eigenvalue weighted by atomic mass is 10.2. The van der Waals surface area contributed by atoms with Crippen LogP contribution in [0.1, 0.15) is 12.5 Å². The molecule has 0 bridgehead atoms. The molecule has 5 nitrogen and oxygen atoms in total. The molecule has 2 aromatic carbocycles. The van der Waals surface area contributed by atoms with E-state index in [1.165, 1.54) is 0 Å². The highest BCUT2D eigenvalue weighted by Gasteiger charge is 2.04. The van der Waals surface area contributed by atoms with Crippen LogP contribution in [0.4, 0.5) is 0 Å². The smallest absolute Gasteiger partial charge is 0.277 e. The summed E-state index contributed by atoms with van der Waals surface area (Å²) in [7, 11) is 0. The van der Waals surface area contributed by atoms with Gasteiger partial charge in [-0.1, -0.05) is 15.9 Å². The van der Waals surface area contributed by atoms with Crippen LogP contribution in [0.3, 0.4) is 0 Å². The Labute approximate surface area is 162 Å². The monoisotopic (exact) mass is 502 g/mol. The maximum Gasteiger partial charge on any atom is 0.277 e. The lowest BCUT2D eigenvalue weighted by Crippen LogP contribution is -2.24. The molecule has 1 amide bonds. The summed E-state index contributed by atoms with van der Waals surface area (Å²) in [5.41, 5.74) is 3.20. The van der Waals surface area contributed by atoms with E-state index < -0.39 is 0 Å². The molecule has 0 unspecified atom stereocenters. The molecule has 0 spiro atoms. The first-order valence-corrected chi connectivity index (χ1v) is 9.08. The predicted octanol–water partition coefficient (Wildman–Crippen LogP) is 3.98. The van der Waals surface area contributed by atoms with Gasteiger partial charge in [-0.25, -0.2) is 5.43 Å². The minimum absolute atomic E-state index is 0.102. The zero-order valence-corrected chi connectivity index (χ0v) is 16.7. The van der Waals surface area contributed by atoms with E-state index in [0.29, 0.717) is 18.1 Å².